The highest BCUT2D eigenvalue weighted by Crippen LogP contribution is 1.99. The number of hydrogen-bond acceptors (Lipinski definition) is 2. The number of aryl methyl sites for hydroxylation is 1. The van der Waals surface area contributed by atoms with Crippen LogP contribution < -0.4 is 10.6 Å². The maximum atomic E-state index is 11.5. The van der Waals surface area contributed by atoms with Crippen molar-refractivity contribution < 1.29 is 4.79 Å². The van der Waals surface area contributed by atoms with E-state index in [0.717, 1.165) is 5.56 Å². The number of hydrogen-bond donors (Lipinski definition) is 2. The first kappa shape index (κ1) is 12.8. The molecule has 0 atom stereocenters. The molecule has 4 nitrogen and oxygen atoms in total. The van der Waals surface area contributed by atoms with Crippen LogP contribution in [0.1, 0.15) is 26.3 Å². The first-order valence-electron chi connectivity index (χ1n) is 5.49. The van der Waals surface area contributed by atoms with Gasteiger partial charge in [-0.2, -0.15) is 0 Å². The molecule has 0 saturated heterocycles. The van der Waals surface area contributed by atoms with Gasteiger partial charge in [0.05, 0.1) is 6.54 Å². The fraction of sp³-hybridized carbons (Fsp3) is 0.583. The van der Waals surface area contributed by atoms with Crippen LogP contribution in [0.5, 0.6) is 0 Å². The van der Waals surface area contributed by atoms with Gasteiger partial charge in [-0.3, -0.25) is 4.79 Å². The molecule has 0 aliphatic carbocycles. The van der Waals surface area contributed by atoms with Crippen molar-refractivity contribution in [2.45, 2.75) is 32.9 Å². The third-order valence-electron chi connectivity index (χ3n) is 2.16. The molecule has 2 N–H and O–H groups in total. The molecule has 0 aliphatic heterocycles. The number of rotatable bonds is 4. The van der Waals surface area contributed by atoms with Crippen molar-refractivity contribution in [3.05, 3.63) is 24.0 Å². The first-order chi connectivity index (χ1) is 7.37. The van der Waals surface area contributed by atoms with Crippen LogP contribution in [-0.4, -0.2) is 22.6 Å². The van der Waals surface area contributed by atoms with Crippen molar-refractivity contribution in [3.8, 4) is 0 Å². The quantitative estimate of drug-likeness (QED) is 0.801. The van der Waals surface area contributed by atoms with Gasteiger partial charge >= 0.3 is 0 Å². The average molecular weight is 223 g/mol. The normalized spacial score (nSPS) is 11.5. The maximum absolute atomic E-state index is 11.5. The van der Waals surface area contributed by atoms with Gasteiger partial charge in [-0.25, -0.2) is 0 Å². The van der Waals surface area contributed by atoms with Gasteiger partial charge in [0.25, 0.3) is 0 Å². The molecule has 90 valence electrons. The molecule has 1 aromatic rings. The highest BCUT2D eigenvalue weighted by Gasteiger charge is 2.10. The van der Waals surface area contributed by atoms with E-state index in [4.69, 9.17) is 0 Å². The molecule has 0 bridgehead atoms. The Balaban J connectivity index is 2.25. The second kappa shape index (κ2) is 5.16. The fourth-order valence-electron chi connectivity index (χ4n) is 1.27. The van der Waals surface area contributed by atoms with Gasteiger partial charge in [0.15, 0.2) is 0 Å². The third-order valence-corrected chi connectivity index (χ3v) is 2.16. The highest BCUT2D eigenvalue weighted by molar-refractivity contribution is 5.78. The van der Waals surface area contributed by atoms with Gasteiger partial charge in [0.2, 0.25) is 5.91 Å². The Bertz CT molecular complexity index is 349. The summed E-state index contributed by atoms with van der Waals surface area (Å²) in [5.74, 6) is 0.0266. The molecule has 0 unspecified atom stereocenters. The van der Waals surface area contributed by atoms with Crippen molar-refractivity contribution in [2.24, 2.45) is 7.05 Å². The van der Waals surface area contributed by atoms with Crippen molar-refractivity contribution in [1.29, 1.82) is 0 Å². The summed E-state index contributed by atoms with van der Waals surface area (Å²) in [6, 6.07) is 2.00. The standard InChI is InChI=1S/C12H21N3O/c1-12(2,3)14-8-11(16)13-7-10-5-6-15(4)9-10/h5-6,9,14H,7-8H2,1-4H3,(H,13,16). The summed E-state index contributed by atoms with van der Waals surface area (Å²) in [4.78, 5) is 11.5. The number of nitrogens with zero attached hydrogens (tertiary/aromatic N) is 1. The van der Waals surface area contributed by atoms with Gasteiger partial charge in [0.1, 0.15) is 0 Å². The van der Waals surface area contributed by atoms with E-state index in [1.54, 1.807) is 0 Å². The number of carbonyl (C=O) groups is 1. The maximum Gasteiger partial charge on any atom is 0.234 e. The van der Waals surface area contributed by atoms with E-state index in [2.05, 4.69) is 10.6 Å². The lowest BCUT2D eigenvalue weighted by Crippen LogP contribution is -2.43. The van der Waals surface area contributed by atoms with Crippen molar-refractivity contribution in [2.75, 3.05) is 6.54 Å². The van der Waals surface area contributed by atoms with Crippen LogP contribution in [0.3, 0.4) is 0 Å². The van der Waals surface area contributed by atoms with E-state index < -0.39 is 0 Å². The molecular weight excluding hydrogens is 202 g/mol. The highest BCUT2D eigenvalue weighted by atomic mass is 16.1. The minimum absolute atomic E-state index is 0.0237. The van der Waals surface area contributed by atoms with Gasteiger partial charge in [-0.05, 0) is 32.4 Å². The lowest BCUT2D eigenvalue weighted by molar-refractivity contribution is -0.120. The Morgan fingerprint density at radius 3 is 2.62 bits per heavy atom. The minimum atomic E-state index is -0.0237. The van der Waals surface area contributed by atoms with E-state index in [-0.39, 0.29) is 11.4 Å². The summed E-state index contributed by atoms with van der Waals surface area (Å²) in [5, 5.41) is 6.02. The van der Waals surface area contributed by atoms with Crippen LogP contribution in [0, 0.1) is 0 Å². The Kier molecular flexibility index (Phi) is 4.12. The molecule has 1 amide bonds. The fourth-order valence-corrected chi connectivity index (χ4v) is 1.27. The zero-order valence-electron chi connectivity index (χ0n) is 10.5. The number of aromatic nitrogens is 1. The molecule has 1 rings (SSSR count). The van der Waals surface area contributed by atoms with Gasteiger partial charge in [-0.1, -0.05) is 0 Å². The second-order valence-electron chi connectivity index (χ2n) is 5.07. The molecule has 0 saturated carbocycles. The predicted octanol–water partition coefficient (Wildman–Crippen LogP) is 1.03. The molecule has 0 aromatic carbocycles. The van der Waals surface area contributed by atoms with Crippen molar-refractivity contribution >= 4 is 5.91 Å². The van der Waals surface area contributed by atoms with E-state index in [1.165, 1.54) is 0 Å². The molecule has 16 heavy (non-hydrogen) atoms. The summed E-state index contributed by atoms with van der Waals surface area (Å²) < 4.78 is 1.97. The van der Waals surface area contributed by atoms with Crippen molar-refractivity contribution in [1.82, 2.24) is 15.2 Å². The Morgan fingerprint density at radius 2 is 2.12 bits per heavy atom. The SMILES string of the molecule is Cn1ccc(CNC(=O)CNC(C)(C)C)c1. The van der Waals surface area contributed by atoms with E-state index in [9.17, 15) is 4.79 Å². The molecule has 0 spiro atoms. The topological polar surface area (TPSA) is 46.1 Å². The molecule has 0 radical (unpaired) electrons. The zero-order valence-corrected chi connectivity index (χ0v) is 10.5. The number of carbonyl (C=O) groups excluding carboxylic acids is 1. The molecule has 1 heterocycles. The predicted molar refractivity (Wildman–Crippen MR) is 65.0 cm³/mol. The van der Waals surface area contributed by atoms with E-state index in [1.807, 2.05) is 50.8 Å². The minimum Gasteiger partial charge on any atom is -0.357 e. The van der Waals surface area contributed by atoms with Crippen LogP contribution >= 0.6 is 0 Å². The lowest BCUT2D eigenvalue weighted by Gasteiger charge is -2.19. The van der Waals surface area contributed by atoms with Crippen LogP contribution in [0.2, 0.25) is 0 Å². The zero-order chi connectivity index (χ0) is 12.2. The smallest absolute Gasteiger partial charge is 0.234 e. The number of amides is 1. The summed E-state index contributed by atoms with van der Waals surface area (Å²) in [6.45, 7) is 7.06. The number of nitrogens with one attached hydrogen (secondary N) is 2. The van der Waals surface area contributed by atoms with Crippen LogP contribution in [0.15, 0.2) is 18.5 Å². The van der Waals surface area contributed by atoms with Gasteiger partial charge in [0, 0.05) is 31.5 Å². The molecular formula is C12H21N3O. The monoisotopic (exact) mass is 223 g/mol. The Morgan fingerprint density at radius 1 is 1.44 bits per heavy atom. The van der Waals surface area contributed by atoms with Crippen LogP contribution in [-0.2, 0) is 18.4 Å². The molecule has 0 fully saturated rings. The largest absolute Gasteiger partial charge is 0.357 e. The van der Waals surface area contributed by atoms with E-state index >= 15 is 0 Å². The lowest BCUT2D eigenvalue weighted by atomic mass is 10.1. The van der Waals surface area contributed by atoms with Gasteiger partial charge in [-0.15, -0.1) is 0 Å². The van der Waals surface area contributed by atoms with Crippen LogP contribution in [0.4, 0.5) is 0 Å². The molecule has 4 heteroatoms. The second-order valence-corrected chi connectivity index (χ2v) is 5.07. The molecule has 1 aromatic heterocycles. The summed E-state index contributed by atoms with van der Waals surface area (Å²) >= 11 is 0. The van der Waals surface area contributed by atoms with Crippen molar-refractivity contribution in [3.63, 3.8) is 0 Å². The Hall–Kier alpha value is -1.29. The first-order valence-corrected chi connectivity index (χ1v) is 5.49. The van der Waals surface area contributed by atoms with E-state index in [0.29, 0.717) is 13.1 Å². The summed E-state index contributed by atoms with van der Waals surface area (Å²) in [6.07, 6.45) is 3.96. The average Bonchev–Trinajstić information content (AvgIpc) is 2.57. The summed E-state index contributed by atoms with van der Waals surface area (Å²) in [5.41, 5.74) is 1.09. The van der Waals surface area contributed by atoms with Crippen LogP contribution in [0.25, 0.3) is 0 Å². The van der Waals surface area contributed by atoms with Gasteiger partial charge < -0.3 is 15.2 Å². The third kappa shape index (κ3) is 4.98. The summed E-state index contributed by atoms with van der Waals surface area (Å²) in [7, 11) is 1.96. The molecule has 0 aliphatic rings. The Labute approximate surface area is 97.0 Å².